The van der Waals surface area contributed by atoms with Gasteiger partial charge in [0.2, 0.25) is 0 Å². The number of unbranched alkanes of at least 4 members (excludes halogenated alkanes) is 2. The molecule has 0 saturated carbocycles. The molecular formula is C15H25NSSi. The molecular weight excluding hydrogens is 254 g/mol. The molecule has 1 rings (SSSR count). The van der Waals surface area contributed by atoms with E-state index in [0.29, 0.717) is 0 Å². The van der Waals surface area contributed by atoms with Crippen LogP contribution in [0.2, 0.25) is 19.6 Å². The molecule has 0 saturated heterocycles. The van der Waals surface area contributed by atoms with Gasteiger partial charge in [0.1, 0.15) is 7.22 Å². The Morgan fingerprint density at radius 2 is 1.89 bits per heavy atom. The second-order valence-electron chi connectivity index (χ2n) is 5.49. The van der Waals surface area contributed by atoms with Crippen LogP contribution in [0.3, 0.4) is 0 Å². The van der Waals surface area contributed by atoms with E-state index in [0.717, 1.165) is 6.54 Å². The average molecular weight is 280 g/mol. The molecule has 1 aromatic rings. The lowest BCUT2D eigenvalue weighted by molar-refractivity contribution is 0.729. The van der Waals surface area contributed by atoms with Gasteiger partial charge in [-0.1, -0.05) is 57.6 Å². The number of aliphatic imine (C=N–C) groups is 1. The van der Waals surface area contributed by atoms with E-state index in [1.165, 1.54) is 29.7 Å². The number of hydrogen-bond donors (Lipinski definition) is 0. The van der Waals surface area contributed by atoms with Crippen molar-refractivity contribution in [2.24, 2.45) is 4.99 Å². The Bertz CT molecular complexity index is 382. The van der Waals surface area contributed by atoms with Crippen LogP contribution in [-0.2, 0) is 0 Å². The molecule has 100 valence electrons. The van der Waals surface area contributed by atoms with Gasteiger partial charge in [0.05, 0.1) is 0 Å². The topological polar surface area (TPSA) is 12.4 Å². The number of benzene rings is 1. The predicted octanol–water partition coefficient (Wildman–Crippen LogP) is 5.22. The Kier molecular flexibility index (Phi) is 6.72. The van der Waals surface area contributed by atoms with Crippen molar-refractivity contribution in [3.63, 3.8) is 0 Å². The zero-order chi connectivity index (χ0) is 13.4. The van der Waals surface area contributed by atoms with Gasteiger partial charge in [-0.2, -0.15) is 11.2 Å². The summed E-state index contributed by atoms with van der Waals surface area (Å²) in [4.78, 5) is 5.93. The first-order valence-corrected chi connectivity index (χ1v) is 11.8. The van der Waals surface area contributed by atoms with Gasteiger partial charge in [0, 0.05) is 23.2 Å². The predicted molar refractivity (Wildman–Crippen MR) is 87.6 cm³/mol. The molecule has 0 aromatic heterocycles. The zero-order valence-electron chi connectivity index (χ0n) is 12.1. The highest BCUT2D eigenvalue weighted by Gasteiger charge is 2.16. The summed E-state index contributed by atoms with van der Waals surface area (Å²) in [6, 6.07) is 8.61. The van der Waals surface area contributed by atoms with Gasteiger partial charge in [-0.25, -0.2) is 0 Å². The SMILES string of the molecule is CCCCC/N=C\c1ccccc1S[Si](C)(C)C. The van der Waals surface area contributed by atoms with Crippen molar-refractivity contribution in [1.82, 2.24) is 0 Å². The maximum Gasteiger partial charge on any atom is 0.114 e. The summed E-state index contributed by atoms with van der Waals surface area (Å²) < 4.78 is 0. The quantitative estimate of drug-likeness (QED) is 0.378. The Balaban J connectivity index is 2.64. The van der Waals surface area contributed by atoms with Gasteiger partial charge >= 0.3 is 0 Å². The molecule has 1 nitrogen and oxygen atoms in total. The molecule has 0 spiro atoms. The zero-order valence-corrected chi connectivity index (χ0v) is 13.9. The highest BCUT2D eigenvalue weighted by atomic mass is 32.4. The molecule has 0 atom stereocenters. The van der Waals surface area contributed by atoms with Crippen LogP contribution >= 0.6 is 11.2 Å². The summed E-state index contributed by atoms with van der Waals surface area (Å²) in [6.07, 6.45) is 5.80. The lowest BCUT2D eigenvalue weighted by Gasteiger charge is -2.16. The lowest BCUT2D eigenvalue weighted by atomic mass is 10.2. The molecule has 0 fully saturated rings. The standard InChI is InChI=1S/C15H25NSSi/c1-5-6-9-12-16-13-14-10-7-8-11-15(14)17-18(2,3)4/h7-8,10-11,13H,5-6,9,12H2,1-4H3/b16-13-. The normalized spacial score (nSPS) is 12.2. The summed E-state index contributed by atoms with van der Waals surface area (Å²) in [6.45, 7) is 10.3. The molecule has 0 aliphatic rings. The summed E-state index contributed by atoms with van der Waals surface area (Å²) >= 11 is 2.04. The van der Waals surface area contributed by atoms with E-state index in [4.69, 9.17) is 0 Å². The number of rotatable bonds is 7. The first kappa shape index (κ1) is 15.5. The van der Waals surface area contributed by atoms with Crippen molar-refractivity contribution in [2.75, 3.05) is 6.54 Å². The third-order valence-electron chi connectivity index (χ3n) is 2.46. The van der Waals surface area contributed by atoms with Crippen LogP contribution in [0.4, 0.5) is 0 Å². The number of nitrogens with zero attached hydrogens (tertiary/aromatic N) is 1. The smallest absolute Gasteiger partial charge is 0.114 e. The van der Waals surface area contributed by atoms with Gasteiger partial charge in [-0.15, -0.1) is 0 Å². The molecule has 0 aliphatic heterocycles. The van der Waals surface area contributed by atoms with Crippen molar-refractivity contribution >= 4 is 24.6 Å². The Hall–Kier alpha value is -0.543. The van der Waals surface area contributed by atoms with Crippen molar-refractivity contribution in [2.45, 2.75) is 50.7 Å². The van der Waals surface area contributed by atoms with E-state index in [9.17, 15) is 0 Å². The highest BCUT2D eigenvalue weighted by molar-refractivity contribution is 8.28. The minimum Gasteiger partial charge on any atom is -0.293 e. The molecule has 18 heavy (non-hydrogen) atoms. The third-order valence-corrected chi connectivity index (χ3v) is 6.16. The minimum atomic E-state index is -1.13. The Labute approximate surface area is 117 Å². The average Bonchev–Trinajstić information content (AvgIpc) is 2.29. The molecule has 0 aliphatic carbocycles. The van der Waals surface area contributed by atoms with E-state index in [2.05, 4.69) is 62.0 Å². The fourth-order valence-electron chi connectivity index (χ4n) is 1.63. The molecule has 0 radical (unpaired) electrons. The first-order valence-electron chi connectivity index (χ1n) is 6.81. The van der Waals surface area contributed by atoms with Crippen molar-refractivity contribution < 1.29 is 0 Å². The lowest BCUT2D eigenvalue weighted by Crippen LogP contribution is -2.13. The maximum atomic E-state index is 4.55. The van der Waals surface area contributed by atoms with E-state index in [1.807, 2.05) is 11.2 Å². The van der Waals surface area contributed by atoms with Crippen LogP contribution in [0.15, 0.2) is 34.2 Å². The molecule has 0 amide bonds. The molecule has 0 heterocycles. The second-order valence-corrected chi connectivity index (χ2v) is 14.6. The van der Waals surface area contributed by atoms with Crippen LogP contribution < -0.4 is 0 Å². The second kappa shape index (κ2) is 7.80. The third kappa shape index (κ3) is 6.41. The fourth-order valence-corrected chi connectivity index (χ4v) is 5.21. The van der Waals surface area contributed by atoms with E-state index in [1.54, 1.807) is 0 Å². The molecule has 0 bridgehead atoms. The summed E-state index contributed by atoms with van der Waals surface area (Å²) in [5.74, 6) is 0. The Morgan fingerprint density at radius 1 is 1.17 bits per heavy atom. The number of hydrogen-bond acceptors (Lipinski definition) is 2. The van der Waals surface area contributed by atoms with E-state index >= 15 is 0 Å². The van der Waals surface area contributed by atoms with E-state index in [-0.39, 0.29) is 0 Å². The summed E-state index contributed by atoms with van der Waals surface area (Å²) in [5, 5.41) is 0. The van der Waals surface area contributed by atoms with Crippen LogP contribution in [0.25, 0.3) is 0 Å². The van der Waals surface area contributed by atoms with Crippen molar-refractivity contribution in [1.29, 1.82) is 0 Å². The molecule has 3 heteroatoms. The van der Waals surface area contributed by atoms with Gasteiger partial charge in [0.15, 0.2) is 0 Å². The minimum absolute atomic E-state index is 0.958. The van der Waals surface area contributed by atoms with Gasteiger partial charge < -0.3 is 0 Å². The van der Waals surface area contributed by atoms with Crippen LogP contribution in [-0.4, -0.2) is 20.0 Å². The van der Waals surface area contributed by atoms with Gasteiger partial charge in [-0.3, -0.25) is 4.99 Å². The van der Waals surface area contributed by atoms with Crippen LogP contribution in [0, 0.1) is 0 Å². The monoisotopic (exact) mass is 279 g/mol. The van der Waals surface area contributed by atoms with Gasteiger partial charge in [-0.05, 0) is 12.5 Å². The van der Waals surface area contributed by atoms with Crippen LogP contribution in [0.5, 0.6) is 0 Å². The van der Waals surface area contributed by atoms with Crippen molar-refractivity contribution in [3.8, 4) is 0 Å². The van der Waals surface area contributed by atoms with Gasteiger partial charge in [0.25, 0.3) is 0 Å². The fraction of sp³-hybridized carbons (Fsp3) is 0.533. The summed E-state index contributed by atoms with van der Waals surface area (Å²) in [7, 11) is -1.13. The molecule has 0 unspecified atom stereocenters. The van der Waals surface area contributed by atoms with E-state index < -0.39 is 7.22 Å². The largest absolute Gasteiger partial charge is 0.293 e. The van der Waals surface area contributed by atoms with Crippen molar-refractivity contribution in [3.05, 3.63) is 29.8 Å². The molecule has 0 N–H and O–H groups in total. The first-order chi connectivity index (χ1) is 8.53. The summed E-state index contributed by atoms with van der Waals surface area (Å²) in [5.41, 5.74) is 1.28. The van der Waals surface area contributed by atoms with Crippen LogP contribution in [0.1, 0.15) is 31.7 Å². The maximum absolute atomic E-state index is 4.55. The Morgan fingerprint density at radius 3 is 2.56 bits per heavy atom. The molecule has 1 aromatic carbocycles. The highest BCUT2D eigenvalue weighted by Crippen LogP contribution is 2.30.